The Morgan fingerprint density at radius 2 is 1.57 bits per heavy atom. The van der Waals surface area contributed by atoms with Crippen LogP contribution in [-0.4, -0.2) is 42.5 Å². The van der Waals surface area contributed by atoms with Crippen LogP contribution in [0.2, 0.25) is 0 Å². The predicted molar refractivity (Wildman–Crippen MR) is 139 cm³/mol. The molecule has 0 bridgehead atoms. The van der Waals surface area contributed by atoms with E-state index in [1.165, 1.54) is 12.0 Å². The van der Waals surface area contributed by atoms with Crippen molar-refractivity contribution >= 4 is 11.8 Å². The minimum Gasteiger partial charge on any atom is -0.497 e. The van der Waals surface area contributed by atoms with Crippen LogP contribution >= 0.6 is 0 Å². The summed E-state index contributed by atoms with van der Waals surface area (Å²) in [5.41, 5.74) is 2.17. The van der Waals surface area contributed by atoms with E-state index in [1.54, 1.807) is 18.9 Å². The van der Waals surface area contributed by atoms with Crippen molar-refractivity contribution in [3.8, 4) is 11.5 Å². The van der Waals surface area contributed by atoms with E-state index in [2.05, 4.69) is 26.1 Å². The third kappa shape index (κ3) is 7.74. The van der Waals surface area contributed by atoms with Crippen molar-refractivity contribution in [3.63, 3.8) is 0 Å². The van der Waals surface area contributed by atoms with Crippen LogP contribution in [0.3, 0.4) is 0 Å². The van der Waals surface area contributed by atoms with Gasteiger partial charge in [-0.05, 0) is 60.6 Å². The van der Waals surface area contributed by atoms with Crippen LogP contribution in [0.15, 0.2) is 48.5 Å². The van der Waals surface area contributed by atoms with Gasteiger partial charge in [0.1, 0.15) is 17.5 Å². The molecule has 190 valence electrons. The lowest BCUT2D eigenvalue weighted by atomic mass is 9.87. The van der Waals surface area contributed by atoms with E-state index in [4.69, 9.17) is 9.47 Å². The van der Waals surface area contributed by atoms with Crippen molar-refractivity contribution in [2.24, 2.45) is 0 Å². The van der Waals surface area contributed by atoms with Crippen LogP contribution in [0.5, 0.6) is 11.5 Å². The fourth-order valence-corrected chi connectivity index (χ4v) is 4.36. The highest BCUT2D eigenvalue weighted by Gasteiger charge is 2.28. The fourth-order valence-electron chi connectivity index (χ4n) is 4.36. The lowest BCUT2D eigenvalue weighted by molar-refractivity contribution is -0.142. The van der Waals surface area contributed by atoms with Crippen LogP contribution in [0.4, 0.5) is 0 Å². The highest BCUT2D eigenvalue weighted by atomic mass is 16.5. The Kier molecular flexibility index (Phi) is 9.19. The summed E-state index contributed by atoms with van der Waals surface area (Å²) in [6.45, 7) is 8.44. The molecule has 1 fully saturated rings. The van der Waals surface area contributed by atoms with Gasteiger partial charge in [-0.25, -0.2) is 0 Å². The largest absolute Gasteiger partial charge is 0.497 e. The molecule has 1 saturated carbocycles. The van der Waals surface area contributed by atoms with E-state index in [0.717, 1.165) is 37.0 Å². The van der Waals surface area contributed by atoms with Crippen LogP contribution in [0.1, 0.15) is 70.9 Å². The molecule has 0 saturated heterocycles. The Hall–Kier alpha value is -3.02. The molecule has 1 atom stereocenters. The van der Waals surface area contributed by atoms with E-state index in [-0.39, 0.29) is 29.9 Å². The van der Waals surface area contributed by atoms with E-state index >= 15 is 0 Å². The van der Waals surface area contributed by atoms with Gasteiger partial charge in [-0.3, -0.25) is 9.59 Å². The minimum absolute atomic E-state index is 0.0463. The molecule has 1 aliphatic carbocycles. The summed E-state index contributed by atoms with van der Waals surface area (Å²) in [7, 11) is 1.62. The fraction of sp³-hybridized carbons (Fsp3) is 0.517. The molecule has 0 aliphatic heterocycles. The lowest BCUT2D eigenvalue weighted by Gasteiger charge is -2.31. The zero-order valence-corrected chi connectivity index (χ0v) is 21.8. The summed E-state index contributed by atoms with van der Waals surface area (Å²) in [5.74, 6) is 1.03. The smallest absolute Gasteiger partial charge is 0.261 e. The summed E-state index contributed by atoms with van der Waals surface area (Å²) in [6.07, 6.45) is 5.49. The van der Waals surface area contributed by atoms with Crippen molar-refractivity contribution in [1.29, 1.82) is 0 Å². The topological polar surface area (TPSA) is 67.9 Å². The zero-order chi connectivity index (χ0) is 25.4. The first kappa shape index (κ1) is 26.6. The number of ether oxygens (including phenoxy) is 2. The standard InChI is InChI=1S/C29H40N2O4/c1-21(28(33)30-24-9-7-6-8-10-24)31(19-22-11-15-25(34-5)16-12-22)27(32)20-35-26-17-13-23(14-18-26)29(2,3)4/h11-18,21,24H,6-10,19-20H2,1-5H3,(H,30,33)/t21-/m1/s1. The molecule has 1 aliphatic rings. The summed E-state index contributed by atoms with van der Waals surface area (Å²) in [6, 6.07) is 14.9. The number of benzene rings is 2. The summed E-state index contributed by atoms with van der Waals surface area (Å²) >= 11 is 0. The molecule has 1 N–H and O–H groups in total. The van der Waals surface area contributed by atoms with Gasteiger partial charge in [0.05, 0.1) is 7.11 Å². The molecule has 0 aromatic heterocycles. The number of methoxy groups -OCH3 is 1. The Labute approximate surface area is 210 Å². The molecule has 0 heterocycles. The van der Waals surface area contributed by atoms with Gasteiger partial charge in [0.15, 0.2) is 6.61 Å². The Morgan fingerprint density at radius 3 is 2.14 bits per heavy atom. The molecule has 2 aromatic rings. The molecule has 2 aromatic carbocycles. The second-order valence-corrected chi connectivity index (χ2v) is 10.5. The number of rotatable bonds is 9. The van der Waals surface area contributed by atoms with Gasteiger partial charge in [0.25, 0.3) is 5.91 Å². The average Bonchev–Trinajstić information content (AvgIpc) is 2.86. The lowest BCUT2D eigenvalue weighted by Crippen LogP contribution is -2.51. The van der Waals surface area contributed by atoms with Gasteiger partial charge in [0, 0.05) is 12.6 Å². The maximum atomic E-state index is 13.3. The first-order chi connectivity index (χ1) is 16.7. The maximum absolute atomic E-state index is 13.3. The number of nitrogens with one attached hydrogen (secondary N) is 1. The number of hydrogen-bond donors (Lipinski definition) is 1. The molecule has 35 heavy (non-hydrogen) atoms. The van der Waals surface area contributed by atoms with Gasteiger partial charge in [-0.15, -0.1) is 0 Å². The highest BCUT2D eigenvalue weighted by Crippen LogP contribution is 2.24. The number of amides is 2. The second-order valence-electron chi connectivity index (χ2n) is 10.5. The van der Waals surface area contributed by atoms with Gasteiger partial charge >= 0.3 is 0 Å². The molecule has 3 rings (SSSR count). The van der Waals surface area contributed by atoms with E-state index < -0.39 is 6.04 Å². The molecule has 6 nitrogen and oxygen atoms in total. The molecule has 6 heteroatoms. The summed E-state index contributed by atoms with van der Waals surface area (Å²) < 4.78 is 11.1. The van der Waals surface area contributed by atoms with Crippen LogP contribution < -0.4 is 14.8 Å². The Bertz CT molecular complexity index is 958. The molecular weight excluding hydrogens is 440 g/mol. The van der Waals surface area contributed by atoms with Crippen LogP contribution in [0, 0.1) is 0 Å². The average molecular weight is 481 g/mol. The van der Waals surface area contributed by atoms with Crippen molar-refractivity contribution in [2.45, 2.75) is 83.8 Å². The zero-order valence-electron chi connectivity index (χ0n) is 21.8. The highest BCUT2D eigenvalue weighted by molar-refractivity contribution is 5.88. The number of hydrogen-bond acceptors (Lipinski definition) is 4. The summed E-state index contributed by atoms with van der Waals surface area (Å²) in [5, 5.41) is 3.16. The quantitative estimate of drug-likeness (QED) is 0.533. The van der Waals surface area contributed by atoms with Gasteiger partial charge in [-0.1, -0.05) is 64.3 Å². The molecule has 0 radical (unpaired) electrons. The normalized spacial score (nSPS) is 15.2. The van der Waals surface area contributed by atoms with Crippen LogP contribution in [0.25, 0.3) is 0 Å². The minimum atomic E-state index is -0.613. The first-order valence-electron chi connectivity index (χ1n) is 12.6. The molecule has 0 spiro atoms. The predicted octanol–water partition coefficient (Wildman–Crippen LogP) is 5.24. The van der Waals surface area contributed by atoms with E-state index in [9.17, 15) is 9.59 Å². The maximum Gasteiger partial charge on any atom is 0.261 e. The third-order valence-corrected chi connectivity index (χ3v) is 6.71. The number of carbonyl (C=O) groups excluding carboxylic acids is 2. The van der Waals surface area contributed by atoms with E-state index in [0.29, 0.717) is 12.3 Å². The molecular formula is C29H40N2O4. The summed E-state index contributed by atoms with van der Waals surface area (Å²) in [4.78, 5) is 28.0. The van der Waals surface area contributed by atoms with Crippen molar-refractivity contribution in [2.75, 3.05) is 13.7 Å². The number of carbonyl (C=O) groups is 2. The number of nitrogens with zero attached hydrogens (tertiary/aromatic N) is 1. The Morgan fingerprint density at radius 1 is 0.971 bits per heavy atom. The van der Waals surface area contributed by atoms with Crippen molar-refractivity contribution in [3.05, 3.63) is 59.7 Å². The van der Waals surface area contributed by atoms with Gasteiger partial charge in [0.2, 0.25) is 5.91 Å². The van der Waals surface area contributed by atoms with Gasteiger partial charge < -0.3 is 19.7 Å². The molecule has 2 amide bonds. The first-order valence-corrected chi connectivity index (χ1v) is 12.6. The monoisotopic (exact) mass is 480 g/mol. The molecule has 0 unspecified atom stereocenters. The van der Waals surface area contributed by atoms with Crippen molar-refractivity contribution in [1.82, 2.24) is 10.2 Å². The van der Waals surface area contributed by atoms with Gasteiger partial charge in [-0.2, -0.15) is 0 Å². The van der Waals surface area contributed by atoms with Crippen molar-refractivity contribution < 1.29 is 19.1 Å². The third-order valence-electron chi connectivity index (χ3n) is 6.71. The van der Waals surface area contributed by atoms with Crippen LogP contribution in [-0.2, 0) is 21.5 Å². The second kappa shape index (κ2) is 12.1. The SMILES string of the molecule is COc1ccc(CN(C(=O)COc2ccc(C(C)(C)C)cc2)[C@H](C)C(=O)NC2CCCCC2)cc1. The van der Waals surface area contributed by atoms with E-state index in [1.807, 2.05) is 48.5 Å². The Balaban J connectivity index is 1.70.